The fourth-order valence-corrected chi connectivity index (χ4v) is 3.55. The highest BCUT2D eigenvalue weighted by Crippen LogP contribution is 2.38. The molecule has 2 N–H and O–H groups in total. The number of hydrogen-bond donors (Lipinski definition) is 2. The Hall–Kier alpha value is -1.36. The van der Waals surface area contributed by atoms with Crippen LogP contribution in [0.4, 0.5) is 5.69 Å². The second-order valence-electron chi connectivity index (χ2n) is 4.40. The third kappa shape index (κ3) is 2.27. The summed E-state index contributed by atoms with van der Waals surface area (Å²) in [4.78, 5) is 11.6. The van der Waals surface area contributed by atoms with Gasteiger partial charge in [-0.2, -0.15) is 11.8 Å². The van der Waals surface area contributed by atoms with Crippen LogP contribution in [0.2, 0.25) is 0 Å². The molecule has 1 aliphatic heterocycles. The fraction of sp³-hybridized carbons (Fsp3) is 0.462. The molecule has 0 spiro atoms. The molecule has 0 amide bonds. The normalized spacial score (nSPS) is 26.9. The van der Waals surface area contributed by atoms with Crippen LogP contribution in [-0.2, 0) is 4.79 Å². The van der Waals surface area contributed by atoms with E-state index in [-0.39, 0.29) is 5.25 Å². The standard InChI is InChI=1S/C13H17NO3S/c1-9-13(12(15)16,6-7-18-9)14-10-4-3-5-11(8-10)17-2/h3-5,8-9,14H,6-7H2,1-2H3,(H,15,16). The number of ether oxygens (including phenoxy) is 1. The molecule has 18 heavy (non-hydrogen) atoms. The van der Waals surface area contributed by atoms with Crippen LogP contribution < -0.4 is 10.1 Å². The summed E-state index contributed by atoms with van der Waals surface area (Å²) in [6.45, 7) is 1.96. The second kappa shape index (κ2) is 5.10. The van der Waals surface area contributed by atoms with E-state index in [1.165, 1.54) is 0 Å². The van der Waals surface area contributed by atoms with Gasteiger partial charge in [0.25, 0.3) is 0 Å². The highest BCUT2D eigenvalue weighted by Gasteiger charge is 2.47. The minimum absolute atomic E-state index is 0.0428. The van der Waals surface area contributed by atoms with Gasteiger partial charge in [0.2, 0.25) is 0 Å². The zero-order valence-electron chi connectivity index (χ0n) is 10.5. The van der Waals surface area contributed by atoms with Crippen molar-refractivity contribution in [1.29, 1.82) is 0 Å². The first-order valence-corrected chi connectivity index (χ1v) is 6.90. The molecule has 0 radical (unpaired) electrons. The maximum atomic E-state index is 11.6. The molecular weight excluding hydrogens is 250 g/mol. The Morgan fingerprint density at radius 3 is 2.94 bits per heavy atom. The number of carbonyl (C=O) groups is 1. The predicted molar refractivity (Wildman–Crippen MR) is 73.5 cm³/mol. The van der Waals surface area contributed by atoms with Gasteiger partial charge in [0.05, 0.1) is 7.11 Å². The molecule has 1 heterocycles. The number of hydrogen-bond acceptors (Lipinski definition) is 4. The maximum Gasteiger partial charge on any atom is 0.330 e. The van der Waals surface area contributed by atoms with Gasteiger partial charge in [0.15, 0.2) is 0 Å². The van der Waals surface area contributed by atoms with E-state index in [0.29, 0.717) is 6.42 Å². The van der Waals surface area contributed by atoms with E-state index in [9.17, 15) is 9.90 Å². The quantitative estimate of drug-likeness (QED) is 0.877. The first-order chi connectivity index (χ1) is 8.58. The summed E-state index contributed by atoms with van der Waals surface area (Å²) < 4.78 is 5.15. The molecule has 1 aromatic rings. The van der Waals surface area contributed by atoms with Crippen molar-refractivity contribution in [3.8, 4) is 5.75 Å². The van der Waals surface area contributed by atoms with E-state index in [4.69, 9.17) is 4.74 Å². The number of carboxylic acid groups (broad SMARTS) is 1. The van der Waals surface area contributed by atoms with Gasteiger partial charge in [-0.05, 0) is 24.3 Å². The largest absolute Gasteiger partial charge is 0.497 e. The van der Waals surface area contributed by atoms with Crippen LogP contribution in [0.3, 0.4) is 0 Å². The molecule has 2 rings (SSSR count). The smallest absolute Gasteiger partial charge is 0.330 e. The van der Waals surface area contributed by atoms with E-state index in [0.717, 1.165) is 17.2 Å². The molecule has 98 valence electrons. The van der Waals surface area contributed by atoms with Crippen molar-refractivity contribution in [2.75, 3.05) is 18.2 Å². The molecule has 0 bridgehead atoms. The Bertz CT molecular complexity index is 452. The summed E-state index contributed by atoms with van der Waals surface area (Å²) in [6, 6.07) is 7.37. The number of methoxy groups -OCH3 is 1. The van der Waals surface area contributed by atoms with Crippen molar-refractivity contribution in [2.24, 2.45) is 0 Å². The molecule has 0 aliphatic carbocycles. The minimum Gasteiger partial charge on any atom is -0.497 e. The number of rotatable bonds is 4. The lowest BCUT2D eigenvalue weighted by Gasteiger charge is -2.30. The van der Waals surface area contributed by atoms with E-state index < -0.39 is 11.5 Å². The molecular formula is C13H17NO3S. The van der Waals surface area contributed by atoms with E-state index >= 15 is 0 Å². The number of anilines is 1. The van der Waals surface area contributed by atoms with Crippen molar-refractivity contribution in [3.63, 3.8) is 0 Å². The van der Waals surface area contributed by atoms with Crippen LogP contribution in [0.1, 0.15) is 13.3 Å². The first kappa shape index (κ1) is 13.1. The third-order valence-corrected chi connectivity index (χ3v) is 4.72. The van der Waals surface area contributed by atoms with Crippen LogP contribution in [-0.4, -0.2) is 34.7 Å². The van der Waals surface area contributed by atoms with Gasteiger partial charge in [0, 0.05) is 17.0 Å². The van der Waals surface area contributed by atoms with Gasteiger partial charge < -0.3 is 15.2 Å². The summed E-state index contributed by atoms with van der Waals surface area (Å²) in [6.07, 6.45) is 0.630. The molecule has 4 nitrogen and oxygen atoms in total. The summed E-state index contributed by atoms with van der Waals surface area (Å²) in [5.74, 6) is 0.798. The number of aliphatic carboxylic acids is 1. The third-order valence-electron chi connectivity index (χ3n) is 3.38. The van der Waals surface area contributed by atoms with Gasteiger partial charge in [-0.25, -0.2) is 4.79 Å². The molecule has 0 saturated carbocycles. The molecule has 5 heteroatoms. The lowest BCUT2D eigenvalue weighted by molar-refractivity contribution is -0.142. The van der Waals surface area contributed by atoms with E-state index in [2.05, 4.69) is 5.32 Å². The van der Waals surface area contributed by atoms with Crippen molar-refractivity contribution in [3.05, 3.63) is 24.3 Å². The van der Waals surface area contributed by atoms with Crippen LogP contribution in [0.5, 0.6) is 5.75 Å². The summed E-state index contributed by atoms with van der Waals surface area (Å²) in [5.41, 5.74) is -0.0945. The van der Waals surface area contributed by atoms with E-state index in [1.807, 2.05) is 31.2 Å². The SMILES string of the molecule is COc1cccc(NC2(C(=O)O)CCSC2C)c1. The number of nitrogens with one attached hydrogen (secondary N) is 1. The van der Waals surface area contributed by atoms with Crippen molar-refractivity contribution >= 4 is 23.4 Å². The Morgan fingerprint density at radius 1 is 1.61 bits per heavy atom. The average Bonchev–Trinajstić information content (AvgIpc) is 2.72. The highest BCUT2D eigenvalue weighted by molar-refractivity contribution is 8.00. The molecule has 0 aromatic heterocycles. The zero-order chi connectivity index (χ0) is 13.2. The van der Waals surface area contributed by atoms with Gasteiger partial charge in [-0.1, -0.05) is 13.0 Å². The fourth-order valence-electron chi connectivity index (χ4n) is 2.20. The number of benzene rings is 1. The topological polar surface area (TPSA) is 58.6 Å². The average molecular weight is 267 g/mol. The lowest BCUT2D eigenvalue weighted by atomic mass is 9.92. The first-order valence-electron chi connectivity index (χ1n) is 5.86. The summed E-state index contributed by atoms with van der Waals surface area (Å²) >= 11 is 1.69. The second-order valence-corrected chi connectivity index (χ2v) is 5.85. The van der Waals surface area contributed by atoms with Gasteiger partial charge >= 0.3 is 5.97 Å². The predicted octanol–water partition coefficient (Wildman–Crippen LogP) is 2.46. The van der Waals surface area contributed by atoms with Crippen LogP contribution >= 0.6 is 11.8 Å². The molecule has 1 aliphatic rings. The van der Waals surface area contributed by atoms with Crippen LogP contribution in [0.15, 0.2) is 24.3 Å². The van der Waals surface area contributed by atoms with Crippen molar-refractivity contribution < 1.29 is 14.6 Å². The Labute approximate surface area is 111 Å². The number of thioether (sulfide) groups is 1. The van der Waals surface area contributed by atoms with Crippen LogP contribution in [0.25, 0.3) is 0 Å². The Morgan fingerprint density at radius 2 is 2.39 bits per heavy atom. The Balaban J connectivity index is 2.26. The molecule has 2 unspecified atom stereocenters. The van der Waals surface area contributed by atoms with Crippen molar-refractivity contribution in [2.45, 2.75) is 24.1 Å². The van der Waals surface area contributed by atoms with Gasteiger partial charge in [-0.15, -0.1) is 0 Å². The molecule has 2 atom stereocenters. The molecule has 1 fully saturated rings. The summed E-state index contributed by atoms with van der Waals surface area (Å²) in [5, 5.41) is 12.7. The van der Waals surface area contributed by atoms with Crippen LogP contribution in [0, 0.1) is 0 Å². The molecule has 1 aromatic carbocycles. The van der Waals surface area contributed by atoms with E-state index in [1.54, 1.807) is 18.9 Å². The maximum absolute atomic E-state index is 11.6. The van der Waals surface area contributed by atoms with Crippen molar-refractivity contribution in [1.82, 2.24) is 0 Å². The zero-order valence-corrected chi connectivity index (χ0v) is 11.3. The monoisotopic (exact) mass is 267 g/mol. The minimum atomic E-state index is -0.878. The summed E-state index contributed by atoms with van der Waals surface area (Å²) in [7, 11) is 1.60. The van der Waals surface area contributed by atoms with Gasteiger partial charge in [-0.3, -0.25) is 0 Å². The lowest BCUT2D eigenvalue weighted by Crippen LogP contribution is -2.50. The molecule has 1 saturated heterocycles. The number of carboxylic acids is 1. The Kier molecular flexibility index (Phi) is 3.71. The highest BCUT2D eigenvalue weighted by atomic mass is 32.2. The van der Waals surface area contributed by atoms with Gasteiger partial charge in [0.1, 0.15) is 11.3 Å².